The average molecular weight is 99.2 g/mol. The van der Waals surface area contributed by atoms with Crippen LogP contribution in [-0.2, 0) is 0 Å². The first-order valence-corrected chi connectivity index (χ1v) is 2.64. The number of allylic oxidation sites excluding steroid dienone is 1. The second-order valence-corrected chi connectivity index (χ2v) is 1.56. The van der Waals surface area contributed by atoms with Crippen molar-refractivity contribution in [2.45, 2.75) is 13.8 Å². The van der Waals surface area contributed by atoms with E-state index in [0.29, 0.717) is 0 Å². The zero-order chi connectivity index (χ0) is 5.70. The summed E-state index contributed by atoms with van der Waals surface area (Å²) in [4.78, 5) is 2.12. The fourth-order valence-corrected chi connectivity index (χ4v) is 0.360. The van der Waals surface area contributed by atoms with Gasteiger partial charge >= 0.3 is 0 Å². The van der Waals surface area contributed by atoms with Crippen LogP contribution in [0.15, 0.2) is 12.3 Å². The molecule has 0 saturated carbocycles. The second kappa shape index (κ2) is 3.72. The molecule has 1 nitrogen and oxygen atoms in total. The van der Waals surface area contributed by atoms with Gasteiger partial charge in [-0.3, -0.25) is 0 Å². The third kappa shape index (κ3) is 3.37. The summed E-state index contributed by atoms with van der Waals surface area (Å²) in [5, 5.41) is 0. The zero-order valence-electron chi connectivity index (χ0n) is 5.31. The maximum absolute atomic E-state index is 2.12. The molecule has 0 fully saturated rings. The molecule has 0 aliphatic rings. The van der Waals surface area contributed by atoms with E-state index in [0.717, 1.165) is 6.54 Å². The van der Waals surface area contributed by atoms with Gasteiger partial charge in [-0.05, 0) is 20.0 Å². The molecule has 0 rings (SSSR count). The molecule has 0 saturated heterocycles. The van der Waals surface area contributed by atoms with Crippen molar-refractivity contribution in [3.8, 4) is 0 Å². The van der Waals surface area contributed by atoms with Gasteiger partial charge in [0.25, 0.3) is 0 Å². The molecule has 42 valence electrons. The molecule has 0 N–H and O–H groups in total. The Hall–Kier alpha value is -0.460. The summed E-state index contributed by atoms with van der Waals surface area (Å²) in [6.45, 7) is 5.23. The van der Waals surface area contributed by atoms with Gasteiger partial charge in [0.2, 0.25) is 0 Å². The molecular weight excluding hydrogens is 86.1 g/mol. The van der Waals surface area contributed by atoms with Crippen LogP contribution < -0.4 is 0 Å². The van der Waals surface area contributed by atoms with E-state index in [4.69, 9.17) is 0 Å². The summed E-state index contributed by atoms with van der Waals surface area (Å²) in [6.07, 6.45) is 4.09. The van der Waals surface area contributed by atoms with E-state index >= 15 is 0 Å². The zero-order valence-corrected chi connectivity index (χ0v) is 5.31. The lowest BCUT2D eigenvalue weighted by Gasteiger charge is -2.07. The van der Waals surface area contributed by atoms with Gasteiger partial charge in [0.15, 0.2) is 0 Å². The average Bonchev–Trinajstić information content (AvgIpc) is 1.68. The Morgan fingerprint density at radius 1 is 1.57 bits per heavy atom. The number of nitrogens with zero attached hydrogens (tertiary/aromatic N) is 1. The summed E-state index contributed by atoms with van der Waals surface area (Å²) >= 11 is 0. The van der Waals surface area contributed by atoms with Crippen molar-refractivity contribution in [1.29, 1.82) is 0 Å². The largest absolute Gasteiger partial charge is 0.381 e. The Balaban J connectivity index is 3.16. The van der Waals surface area contributed by atoms with Crippen LogP contribution in [0.1, 0.15) is 13.8 Å². The van der Waals surface area contributed by atoms with Crippen molar-refractivity contribution in [1.82, 2.24) is 4.90 Å². The highest BCUT2D eigenvalue weighted by atomic mass is 15.1. The first-order chi connectivity index (χ1) is 3.31. The van der Waals surface area contributed by atoms with Crippen molar-refractivity contribution in [3.63, 3.8) is 0 Å². The summed E-state index contributed by atoms with van der Waals surface area (Å²) in [6, 6.07) is 0. The predicted octanol–water partition coefficient (Wildman–Crippen LogP) is 1.47. The van der Waals surface area contributed by atoms with Crippen molar-refractivity contribution < 1.29 is 0 Å². The van der Waals surface area contributed by atoms with Gasteiger partial charge in [-0.2, -0.15) is 0 Å². The van der Waals surface area contributed by atoms with Crippen molar-refractivity contribution in [2.24, 2.45) is 0 Å². The van der Waals surface area contributed by atoms with Crippen LogP contribution in [0.2, 0.25) is 0 Å². The van der Waals surface area contributed by atoms with Crippen LogP contribution in [0.5, 0.6) is 0 Å². The summed E-state index contributed by atoms with van der Waals surface area (Å²) < 4.78 is 0. The van der Waals surface area contributed by atoms with Gasteiger partial charge in [0.05, 0.1) is 0 Å². The summed E-state index contributed by atoms with van der Waals surface area (Å²) in [5.74, 6) is 0. The minimum Gasteiger partial charge on any atom is -0.381 e. The number of rotatable bonds is 2. The van der Waals surface area contributed by atoms with E-state index in [9.17, 15) is 0 Å². The molecule has 0 spiro atoms. The lowest BCUT2D eigenvalue weighted by molar-refractivity contribution is 0.483. The molecule has 0 heterocycles. The molecule has 0 bridgehead atoms. The molecular formula is C6H13N. The minimum absolute atomic E-state index is 1.09. The Kier molecular flexibility index (Phi) is 3.48. The molecule has 0 amide bonds. The highest BCUT2D eigenvalue weighted by molar-refractivity contribution is 4.74. The molecule has 7 heavy (non-hydrogen) atoms. The third-order valence-corrected chi connectivity index (χ3v) is 0.902. The molecule has 0 radical (unpaired) electrons. The van der Waals surface area contributed by atoms with E-state index in [-0.39, 0.29) is 0 Å². The first kappa shape index (κ1) is 6.54. The predicted molar refractivity (Wildman–Crippen MR) is 33.1 cm³/mol. The highest BCUT2D eigenvalue weighted by Gasteiger charge is 1.76. The molecule has 0 atom stereocenters. The molecule has 0 aromatic carbocycles. The Labute approximate surface area is 45.6 Å². The Morgan fingerprint density at radius 3 is 2.29 bits per heavy atom. The monoisotopic (exact) mass is 99.1 g/mol. The Morgan fingerprint density at radius 2 is 2.14 bits per heavy atom. The molecule has 0 aliphatic heterocycles. The number of hydrogen-bond donors (Lipinski definition) is 0. The minimum atomic E-state index is 1.09. The summed E-state index contributed by atoms with van der Waals surface area (Å²) in [7, 11) is 2.06. The van der Waals surface area contributed by atoms with Crippen LogP contribution in [0.4, 0.5) is 0 Å². The highest BCUT2D eigenvalue weighted by Crippen LogP contribution is 1.79. The molecule has 0 aliphatic carbocycles. The molecule has 0 unspecified atom stereocenters. The first-order valence-electron chi connectivity index (χ1n) is 2.64. The van der Waals surface area contributed by atoms with Crippen LogP contribution in [0, 0.1) is 0 Å². The van der Waals surface area contributed by atoms with Gasteiger partial charge < -0.3 is 4.90 Å². The third-order valence-electron chi connectivity index (χ3n) is 0.902. The summed E-state index contributed by atoms with van der Waals surface area (Å²) in [5.41, 5.74) is 0. The second-order valence-electron chi connectivity index (χ2n) is 1.56. The topological polar surface area (TPSA) is 3.24 Å². The quantitative estimate of drug-likeness (QED) is 0.506. The fourth-order valence-electron chi connectivity index (χ4n) is 0.360. The van der Waals surface area contributed by atoms with Crippen molar-refractivity contribution in [2.75, 3.05) is 13.6 Å². The van der Waals surface area contributed by atoms with E-state index in [1.165, 1.54) is 0 Å². The van der Waals surface area contributed by atoms with Crippen molar-refractivity contribution in [3.05, 3.63) is 12.3 Å². The van der Waals surface area contributed by atoms with Crippen LogP contribution in [0.3, 0.4) is 0 Å². The maximum atomic E-state index is 2.12. The normalized spacial score (nSPS) is 10.1. The lowest BCUT2D eigenvalue weighted by atomic mass is 10.6. The van der Waals surface area contributed by atoms with E-state index in [2.05, 4.69) is 25.1 Å². The SMILES string of the molecule is C/C=C/N(C)CC. The smallest absolute Gasteiger partial charge is 0.0140 e. The number of hydrogen-bond acceptors (Lipinski definition) is 1. The van der Waals surface area contributed by atoms with Gasteiger partial charge in [0, 0.05) is 13.6 Å². The van der Waals surface area contributed by atoms with E-state index in [1.54, 1.807) is 0 Å². The van der Waals surface area contributed by atoms with Crippen LogP contribution in [0.25, 0.3) is 0 Å². The van der Waals surface area contributed by atoms with Gasteiger partial charge in [-0.25, -0.2) is 0 Å². The maximum Gasteiger partial charge on any atom is 0.0140 e. The molecule has 0 aromatic heterocycles. The van der Waals surface area contributed by atoms with E-state index < -0.39 is 0 Å². The molecule has 0 aromatic rings. The standard InChI is InChI=1S/C6H13N/c1-4-6-7(3)5-2/h4,6H,5H2,1-3H3/b6-4+. The van der Waals surface area contributed by atoms with Crippen molar-refractivity contribution >= 4 is 0 Å². The van der Waals surface area contributed by atoms with Crippen LogP contribution >= 0.6 is 0 Å². The lowest BCUT2D eigenvalue weighted by Crippen LogP contribution is -2.07. The van der Waals surface area contributed by atoms with Gasteiger partial charge in [0.1, 0.15) is 0 Å². The van der Waals surface area contributed by atoms with Crippen LogP contribution in [-0.4, -0.2) is 18.5 Å². The van der Waals surface area contributed by atoms with Gasteiger partial charge in [-0.15, -0.1) is 0 Å². The molecule has 1 heteroatoms. The Bertz CT molecular complexity index is 57.2. The fraction of sp³-hybridized carbons (Fsp3) is 0.667. The van der Waals surface area contributed by atoms with E-state index in [1.807, 2.05) is 13.0 Å². The van der Waals surface area contributed by atoms with Gasteiger partial charge in [-0.1, -0.05) is 6.08 Å².